The third kappa shape index (κ3) is 3.00. The van der Waals surface area contributed by atoms with Gasteiger partial charge in [0.25, 0.3) is 0 Å². The fourth-order valence-corrected chi connectivity index (χ4v) is 4.51. The van der Waals surface area contributed by atoms with Crippen molar-refractivity contribution < 1.29 is 4.74 Å². The van der Waals surface area contributed by atoms with E-state index in [0.717, 1.165) is 31.2 Å². The molecule has 0 spiro atoms. The number of hydrogen-bond acceptors (Lipinski definition) is 3. The number of hydrogen-bond donors (Lipinski definition) is 1. The van der Waals surface area contributed by atoms with Gasteiger partial charge in [-0.05, 0) is 53.0 Å². The second kappa shape index (κ2) is 6.67. The summed E-state index contributed by atoms with van der Waals surface area (Å²) in [5.74, 6) is 0.760. The first-order valence-electron chi connectivity index (χ1n) is 5.93. The molecule has 1 N–H and O–H groups in total. The molecule has 0 bridgehead atoms. The van der Waals surface area contributed by atoms with Gasteiger partial charge < -0.3 is 10.1 Å². The van der Waals surface area contributed by atoms with E-state index in [4.69, 9.17) is 27.9 Å². The molecule has 0 aliphatic rings. The zero-order valence-electron chi connectivity index (χ0n) is 11.3. The van der Waals surface area contributed by atoms with Crippen LogP contribution in [-0.4, -0.2) is 14.2 Å². The molecule has 1 aromatic heterocycles. The Balaban J connectivity index is 2.60. The maximum Gasteiger partial charge on any atom is 0.138 e. The minimum absolute atomic E-state index is 0.0638. The van der Waals surface area contributed by atoms with Gasteiger partial charge in [-0.2, -0.15) is 0 Å². The van der Waals surface area contributed by atoms with E-state index >= 15 is 0 Å². The van der Waals surface area contributed by atoms with Crippen molar-refractivity contribution in [2.75, 3.05) is 14.2 Å². The Kier molecular flexibility index (Phi) is 5.37. The van der Waals surface area contributed by atoms with Crippen molar-refractivity contribution in [2.24, 2.45) is 0 Å². The smallest absolute Gasteiger partial charge is 0.138 e. The van der Waals surface area contributed by atoms with Gasteiger partial charge in [0.15, 0.2) is 0 Å². The van der Waals surface area contributed by atoms with Gasteiger partial charge in [0, 0.05) is 15.5 Å². The van der Waals surface area contributed by atoms with Crippen LogP contribution in [0.1, 0.15) is 22.0 Å². The second-order valence-electron chi connectivity index (χ2n) is 4.33. The Bertz CT molecular complexity index is 630. The Morgan fingerprint density at radius 1 is 1.35 bits per heavy atom. The summed E-state index contributed by atoms with van der Waals surface area (Å²) in [6.45, 7) is 2.00. The molecule has 0 amide bonds. The van der Waals surface area contributed by atoms with Gasteiger partial charge in [-0.25, -0.2) is 0 Å². The Morgan fingerprint density at radius 2 is 2.05 bits per heavy atom. The summed E-state index contributed by atoms with van der Waals surface area (Å²) in [7, 11) is 3.54. The fraction of sp³-hybridized carbons (Fsp3) is 0.286. The number of aryl methyl sites for hydroxylation is 1. The van der Waals surface area contributed by atoms with Crippen LogP contribution in [0, 0.1) is 6.92 Å². The molecule has 2 rings (SSSR count). The normalized spacial score (nSPS) is 12.5. The number of nitrogens with one attached hydrogen (secondary N) is 1. The fourth-order valence-electron chi connectivity index (χ4n) is 2.08. The predicted octanol–water partition coefficient (Wildman–Crippen LogP) is 5.44. The van der Waals surface area contributed by atoms with Crippen molar-refractivity contribution >= 4 is 50.5 Å². The van der Waals surface area contributed by atoms with E-state index in [2.05, 4.69) is 21.2 Å². The first-order chi connectivity index (χ1) is 9.49. The third-order valence-electron chi connectivity index (χ3n) is 3.03. The van der Waals surface area contributed by atoms with E-state index in [-0.39, 0.29) is 6.04 Å². The number of methoxy groups -OCH3 is 1. The first kappa shape index (κ1) is 16.1. The standard InChI is InChI=1S/C14H14BrCl2NOS/c1-7-6-20-14(11(7)17)12(18-2)9-4-8(16)5-10(15)13(9)19-3/h4-6,12,18H,1-3H3. The number of halogens is 3. The zero-order valence-corrected chi connectivity index (χ0v) is 15.2. The molecule has 20 heavy (non-hydrogen) atoms. The third-order valence-corrected chi connectivity index (χ3v) is 5.61. The van der Waals surface area contributed by atoms with E-state index in [1.165, 1.54) is 0 Å². The second-order valence-corrected chi connectivity index (χ2v) is 6.91. The summed E-state index contributed by atoms with van der Waals surface area (Å²) in [5.41, 5.74) is 2.03. The molecule has 0 saturated heterocycles. The summed E-state index contributed by atoms with van der Waals surface area (Å²) >= 11 is 17.7. The lowest BCUT2D eigenvalue weighted by Crippen LogP contribution is -2.18. The van der Waals surface area contributed by atoms with Crippen molar-refractivity contribution in [1.29, 1.82) is 0 Å². The minimum Gasteiger partial charge on any atom is -0.495 e. The van der Waals surface area contributed by atoms with E-state index in [9.17, 15) is 0 Å². The average molecular weight is 395 g/mol. The highest BCUT2D eigenvalue weighted by Gasteiger charge is 2.23. The number of rotatable bonds is 4. The van der Waals surface area contributed by atoms with Crippen molar-refractivity contribution in [3.05, 3.63) is 48.0 Å². The molecule has 2 aromatic rings. The van der Waals surface area contributed by atoms with E-state index in [0.29, 0.717) is 5.02 Å². The van der Waals surface area contributed by atoms with Gasteiger partial charge in [0.05, 0.1) is 22.6 Å². The topological polar surface area (TPSA) is 21.3 Å². The van der Waals surface area contributed by atoms with Crippen molar-refractivity contribution in [3.63, 3.8) is 0 Å². The van der Waals surface area contributed by atoms with Crippen molar-refractivity contribution in [1.82, 2.24) is 5.32 Å². The number of benzene rings is 1. The van der Waals surface area contributed by atoms with Crippen LogP contribution in [0.3, 0.4) is 0 Å². The lowest BCUT2D eigenvalue weighted by molar-refractivity contribution is 0.403. The zero-order chi connectivity index (χ0) is 14.9. The Hall–Kier alpha value is -0.260. The van der Waals surface area contributed by atoms with Crippen LogP contribution in [0.5, 0.6) is 5.75 Å². The number of ether oxygens (including phenoxy) is 1. The molecule has 0 fully saturated rings. The summed E-state index contributed by atoms with van der Waals surface area (Å²) in [6, 6.07) is 3.65. The average Bonchev–Trinajstić information content (AvgIpc) is 2.72. The molecule has 108 valence electrons. The molecule has 1 unspecified atom stereocenters. The summed E-state index contributed by atoms with van der Waals surface area (Å²) < 4.78 is 6.32. The molecule has 1 atom stereocenters. The maximum atomic E-state index is 6.39. The summed E-state index contributed by atoms with van der Waals surface area (Å²) in [5, 5.41) is 6.77. The van der Waals surface area contributed by atoms with Gasteiger partial charge in [-0.15, -0.1) is 11.3 Å². The highest BCUT2D eigenvalue weighted by molar-refractivity contribution is 9.10. The van der Waals surface area contributed by atoms with Gasteiger partial charge in [0.2, 0.25) is 0 Å². The van der Waals surface area contributed by atoms with Crippen LogP contribution < -0.4 is 10.1 Å². The van der Waals surface area contributed by atoms with Crippen LogP contribution >= 0.6 is 50.5 Å². The molecule has 0 radical (unpaired) electrons. The molecule has 0 aliphatic carbocycles. The van der Waals surface area contributed by atoms with E-state index < -0.39 is 0 Å². The lowest BCUT2D eigenvalue weighted by Gasteiger charge is -2.20. The van der Waals surface area contributed by atoms with E-state index in [1.807, 2.05) is 31.5 Å². The molecule has 0 saturated carbocycles. The largest absolute Gasteiger partial charge is 0.495 e. The van der Waals surface area contributed by atoms with Crippen molar-refractivity contribution in [2.45, 2.75) is 13.0 Å². The number of thiophene rings is 1. The molecular weight excluding hydrogens is 381 g/mol. The molecule has 1 aromatic carbocycles. The SMILES string of the molecule is CNC(c1cc(Cl)cc(Br)c1OC)c1scc(C)c1Cl. The highest BCUT2D eigenvalue weighted by Crippen LogP contribution is 2.42. The molecule has 0 aliphatic heterocycles. The molecular formula is C14H14BrCl2NOS. The minimum atomic E-state index is -0.0638. The van der Waals surface area contributed by atoms with Crippen molar-refractivity contribution in [3.8, 4) is 5.75 Å². The van der Waals surface area contributed by atoms with Gasteiger partial charge in [-0.3, -0.25) is 0 Å². The Morgan fingerprint density at radius 3 is 2.55 bits per heavy atom. The molecule has 6 heteroatoms. The lowest BCUT2D eigenvalue weighted by atomic mass is 10.0. The van der Waals surface area contributed by atoms with Gasteiger partial charge in [0.1, 0.15) is 5.75 Å². The van der Waals surface area contributed by atoms with Crippen LogP contribution in [-0.2, 0) is 0 Å². The van der Waals surface area contributed by atoms with Crippen LogP contribution in [0.15, 0.2) is 22.0 Å². The monoisotopic (exact) mass is 393 g/mol. The van der Waals surface area contributed by atoms with Gasteiger partial charge >= 0.3 is 0 Å². The summed E-state index contributed by atoms with van der Waals surface area (Å²) in [6.07, 6.45) is 0. The Labute approximate surface area is 141 Å². The van der Waals surface area contributed by atoms with E-state index in [1.54, 1.807) is 18.4 Å². The maximum absolute atomic E-state index is 6.39. The van der Waals surface area contributed by atoms with Crippen LogP contribution in [0.2, 0.25) is 10.0 Å². The predicted molar refractivity (Wildman–Crippen MR) is 90.7 cm³/mol. The van der Waals surface area contributed by atoms with Crippen LogP contribution in [0.25, 0.3) is 0 Å². The molecule has 1 heterocycles. The van der Waals surface area contributed by atoms with Crippen LogP contribution in [0.4, 0.5) is 0 Å². The van der Waals surface area contributed by atoms with Gasteiger partial charge in [-0.1, -0.05) is 23.2 Å². The summed E-state index contributed by atoms with van der Waals surface area (Å²) in [4.78, 5) is 1.05. The first-order valence-corrected chi connectivity index (χ1v) is 8.36. The quantitative estimate of drug-likeness (QED) is 0.744. The highest BCUT2D eigenvalue weighted by atomic mass is 79.9. The molecule has 2 nitrogen and oxygen atoms in total.